The molecule has 0 heterocycles. The summed E-state index contributed by atoms with van der Waals surface area (Å²) in [5, 5.41) is 19.8. The molecule has 7 heteroatoms. The molecular formula is C13H17NO6. The highest BCUT2D eigenvalue weighted by Gasteiger charge is 2.19. The summed E-state index contributed by atoms with van der Waals surface area (Å²) < 4.78 is 10.2. The number of carboxylic acids is 1. The van der Waals surface area contributed by atoms with Crippen molar-refractivity contribution in [1.29, 1.82) is 0 Å². The zero-order valence-corrected chi connectivity index (χ0v) is 11.0. The highest BCUT2D eigenvalue weighted by Crippen LogP contribution is 2.16. The highest BCUT2D eigenvalue weighted by atomic mass is 16.5. The van der Waals surface area contributed by atoms with Crippen LogP contribution in [0.5, 0.6) is 11.5 Å². The van der Waals surface area contributed by atoms with Crippen molar-refractivity contribution >= 4 is 11.9 Å². The first-order valence-corrected chi connectivity index (χ1v) is 5.96. The van der Waals surface area contributed by atoms with E-state index in [1.54, 1.807) is 24.3 Å². The summed E-state index contributed by atoms with van der Waals surface area (Å²) in [6.45, 7) is -0.627. The van der Waals surface area contributed by atoms with Crippen molar-refractivity contribution in [1.82, 2.24) is 5.32 Å². The summed E-state index contributed by atoms with van der Waals surface area (Å²) in [4.78, 5) is 22.3. The number of amides is 1. The van der Waals surface area contributed by atoms with Gasteiger partial charge in [0.25, 0.3) is 5.91 Å². The van der Waals surface area contributed by atoms with Crippen molar-refractivity contribution in [2.75, 3.05) is 20.3 Å². The summed E-state index contributed by atoms with van der Waals surface area (Å²) in [6, 6.07) is 5.51. The normalized spacial score (nSPS) is 11.5. The van der Waals surface area contributed by atoms with Crippen LogP contribution in [0.25, 0.3) is 0 Å². The van der Waals surface area contributed by atoms with E-state index in [-0.39, 0.29) is 19.6 Å². The average molecular weight is 283 g/mol. The number of carbonyl (C=O) groups excluding carboxylic acids is 1. The molecule has 7 nitrogen and oxygen atoms in total. The number of carboxylic acid groups (broad SMARTS) is 1. The van der Waals surface area contributed by atoms with Gasteiger partial charge in [-0.15, -0.1) is 0 Å². The molecule has 0 unspecified atom stereocenters. The molecule has 0 aliphatic heterocycles. The predicted octanol–water partition coefficient (Wildman–Crippen LogP) is 0.0258. The predicted molar refractivity (Wildman–Crippen MR) is 69.8 cm³/mol. The van der Waals surface area contributed by atoms with Crippen molar-refractivity contribution in [2.24, 2.45) is 0 Å². The van der Waals surface area contributed by atoms with Gasteiger partial charge in [0.1, 0.15) is 17.5 Å². The molecule has 0 bridgehead atoms. The second-order valence-corrected chi connectivity index (χ2v) is 3.93. The maximum absolute atomic E-state index is 11.5. The SMILES string of the molecule is COc1ccc(OCC(=O)N[C@H](CCO)C(=O)O)cc1. The van der Waals surface area contributed by atoms with Crippen molar-refractivity contribution in [2.45, 2.75) is 12.5 Å². The number of aliphatic hydroxyl groups excluding tert-OH is 1. The van der Waals surface area contributed by atoms with Crippen molar-refractivity contribution in [3.8, 4) is 11.5 Å². The Balaban J connectivity index is 2.43. The van der Waals surface area contributed by atoms with Gasteiger partial charge in [-0.1, -0.05) is 0 Å². The summed E-state index contributed by atoms with van der Waals surface area (Å²) in [5.41, 5.74) is 0. The Morgan fingerprint density at radius 3 is 2.35 bits per heavy atom. The van der Waals surface area contributed by atoms with Crippen LogP contribution in [0.4, 0.5) is 0 Å². The van der Waals surface area contributed by atoms with E-state index in [1.807, 2.05) is 0 Å². The van der Waals surface area contributed by atoms with Gasteiger partial charge in [0.15, 0.2) is 6.61 Å². The molecule has 0 fully saturated rings. The third kappa shape index (κ3) is 5.15. The Morgan fingerprint density at radius 2 is 1.85 bits per heavy atom. The van der Waals surface area contributed by atoms with E-state index in [2.05, 4.69) is 5.32 Å². The van der Waals surface area contributed by atoms with E-state index < -0.39 is 17.9 Å². The Hall–Kier alpha value is -2.28. The zero-order chi connectivity index (χ0) is 15.0. The number of aliphatic carboxylic acids is 1. The van der Waals surface area contributed by atoms with Crippen LogP contribution in [0.1, 0.15) is 6.42 Å². The molecule has 1 amide bonds. The van der Waals surface area contributed by atoms with Gasteiger partial charge in [0.2, 0.25) is 0 Å². The van der Waals surface area contributed by atoms with Gasteiger partial charge in [-0.25, -0.2) is 4.79 Å². The fraction of sp³-hybridized carbons (Fsp3) is 0.385. The number of rotatable bonds is 8. The molecule has 0 aliphatic rings. The monoisotopic (exact) mass is 283 g/mol. The molecule has 0 saturated carbocycles. The summed E-state index contributed by atoms with van der Waals surface area (Å²) in [7, 11) is 1.54. The Kier molecular flexibility index (Phi) is 6.31. The van der Waals surface area contributed by atoms with Crippen LogP contribution >= 0.6 is 0 Å². The summed E-state index contributed by atoms with van der Waals surface area (Å²) >= 11 is 0. The smallest absolute Gasteiger partial charge is 0.326 e. The largest absolute Gasteiger partial charge is 0.497 e. The molecule has 110 valence electrons. The second-order valence-electron chi connectivity index (χ2n) is 3.93. The number of hydrogen-bond acceptors (Lipinski definition) is 5. The molecule has 20 heavy (non-hydrogen) atoms. The van der Waals surface area contributed by atoms with Gasteiger partial charge >= 0.3 is 5.97 Å². The molecule has 1 aromatic rings. The Labute approximate surface area is 116 Å². The van der Waals surface area contributed by atoms with Crippen LogP contribution in [0.2, 0.25) is 0 Å². The lowest BCUT2D eigenvalue weighted by Crippen LogP contribution is -2.43. The molecule has 0 aliphatic carbocycles. The minimum atomic E-state index is -1.20. The Bertz CT molecular complexity index is 445. The fourth-order valence-corrected chi connectivity index (χ4v) is 1.44. The zero-order valence-electron chi connectivity index (χ0n) is 11.0. The first kappa shape index (κ1) is 15.8. The van der Waals surface area contributed by atoms with Crippen LogP contribution in [-0.4, -0.2) is 48.5 Å². The first-order valence-electron chi connectivity index (χ1n) is 5.96. The number of methoxy groups -OCH3 is 1. The fourth-order valence-electron chi connectivity index (χ4n) is 1.44. The van der Waals surface area contributed by atoms with Crippen molar-refractivity contribution in [3.05, 3.63) is 24.3 Å². The molecular weight excluding hydrogens is 266 g/mol. The third-order valence-corrected chi connectivity index (χ3v) is 2.48. The quantitative estimate of drug-likeness (QED) is 0.621. The van der Waals surface area contributed by atoms with Crippen LogP contribution in [0.3, 0.4) is 0 Å². The van der Waals surface area contributed by atoms with Crippen molar-refractivity contribution < 1.29 is 29.3 Å². The van der Waals surface area contributed by atoms with Crippen LogP contribution < -0.4 is 14.8 Å². The standard InChI is InChI=1S/C13H17NO6/c1-19-9-2-4-10(5-3-9)20-8-12(16)14-11(6-7-15)13(17)18/h2-5,11,15H,6-8H2,1H3,(H,14,16)(H,17,18)/t11-/m1/s1. The summed E-state index contributed by atoms with van der Waals surface area (Å²) in [6.07, 6.45) is -0.0520. The van der Waals surface area contributed by atoms with Gasteiger partial charge in [0.05, 0.1) is 7.11 Å². The van der Waals surface area contributed by atoms with Crippen LogP contribution in [-0.2, 0) is 9.59 Å². The Morgan fingerprint density at radius 1 is 1.25 bits per heavy atom. The lowest BCUT2D eigenvalue weighted by Gasteiger charge is -2.13. The molecule has 0 spiro atoms. The number of benzene rings is 1. The molecule has 0 radical (unpaired) electrons. The van der Waals surface area contributed by atoms with Gasteiger partial charge in [-0.2, -0.15) is 0 Å². The summed E-state index contributed by atoms with van der Waals surface area (Å²) in [5.74, 6) is -0.635. The maximum atomic E-state index is 11.5. The van der Waals surface area contributed by atoms with Gasteiger partial charge in [-0.05, 0) is 24.3 Å². The minimum Gasteiger partial charge on any atom is -0.497 e. The minimum absolute atomic E-state index is 0.0520. The number of hydrogen-bond donors (Lipinski definition) is 3. The lowest BCUT2D eigenvalue weighted by molar-refractivity contribution is -0.142. The van der Waals surface area contributed by atoms with Gasteiger partial charge < -0.3 is 25.0 Å². The molecule has 1 aromatic carbocycles. The molecule has 0 saturated heterocycles. The number of ether oxygens (including phenoxy) is 2. The van der Waals surface area contributed by atoms with Crippen LogP contribution in [0, 0.1) is 0 Å². The van der Waals surface area contributed by atoms with Crippen LogP contribution in [0.15, 0.2) is 24.3 Å². The van der Waals surface area contributed by atoms with E-state index in [9.17, 15) is 9.59 Å². The van der Waals surface area contributed by atoms with Crippen molar-refractivity contribution in [3.63, 3.8) is 0 Å². The second kappa shape index (κ2) is 8.00. The first-order chi connectivity index (χ1) is 9.56. The molecule has 0 aromatic heterocycles. The third-order valence-electron chi connectivity index (χ3n) is 2.48. The van der Waals surface area contributed by atoms with Gasteiger partial charge in [-0.3, -0.25) is 4.79 Å². The van der Waals surface area contributed by atoms with Gasteiger partial charge in [0, 0.05) is 13.0 Å². The molecule has 3 N–H and O–H groups in total. The topological polar surface area (TPSA) is 105 Å². The van der Waals surface area contributed by atoms with E-state index in [1.165, 1.54) is 7.11 Å². The van der Waals surface area contributed by atoms with E-state index in [0.717, 1.165) is 0 Å². The molecule has 1 rings (SSSR count). The lowest BCUT2D eigenvalue weighted by atomic mass is 10.2. The van der Waals surface area contributed by atoms with E-state index in [4.69, 9.17) is 19.7 Å². The number of nitrogens with one attached hydrogen (secondary N) is 1. The van der Waals surface area contributed by atoms with E-state index >= 15 is 0 Å². The number of carbonyl (C=O) groups is 2. The number of aliphatic hydroxyl groups is 1. The maximum Gasteiger partial charge on any atom is 0.326 e. The highest BCUT2D eigenvalue weighted by molar-refractivity contribution is 5.84. The van der Waals surface area contributed by atoms with E-state index in [0.29, 0.717) is 11.5 Å². The average Bonchev–Trinajstić information content (AvgIpc) is 2.45. The molecule has 1 atom stereocenters.